The van der Waals surface area contributed by atoms with E-state index in [0.717, 1.165) is 11.5 Å². The van der Waals surface area contributed by atoms with Gasteiger partial charge in [0.25, 0.3) is 5.91 Å². The molecule has 88 valence electrons. The Morgan fingerprint density at radius 1 is 1.69 bits per heavy atom. The minimum Gasteiger partial charge on any atom is -0.399 e. The predicted octanol–water partition coefficient (Wildman–Crippen LogP) is 1.54. The third-order valence-electron chi connectivity index (χ3n) is 1.97. The Morgan fingerprint density at radius 2 is 2.44 bits per heavy atom. The summed E-state index contributed by atoms with van der Waals surface area (Å²) >= 11 is 1.80. The molecular formula is C11H17N3OS. The summed E-state index contributed by atoms with van der Waals surface area (Å²) in [4.78, 5) is 15.7. The van der Waals surface area contributed by atoms with Gasteiger partial charge in [-0.2, -0.15) is 11.8 Å². The van der Waals surface area contributed by atoms with Crippen molar-refractivity contribution >= 4 is 23.4 Å². The summed E-state index contributed by atoms with van der Waals surface area (Å²) in [7, 11) is 0. The molecule has 1 aromatic heterocycles. The number of pyridine rings is 1. The Kier molecular flexibility index (Phi) is 5.11. The first kappa shape index (κ1) is 12.8. The van der Waals surface area contributed by atoms with E-state index in [1.54, 1.807) is 23.9 Å². The van der Waals surface area contributed by atoms with Crippen LogP contribution in [0.1, 0.15) is 24.3 Å². The minimum atomic E-state index is -0.170. The smallest absolute Gasteiger partial charge is 0.270 e. The van der Waals surface area contributed by atoms with Gasteiger partial charge in [0.1, 0.15) is 5.69 Å². The third kappa shape index (κ3) is 4.10. The molecule has 0 aliphatic rings. The van der Waals surface area contributed by atoms with Crippen LogP contribution >= 0.6 is 11.8 Å². The molecule has 1 heterocycles. The van der Waals surface area contributed by atoms with Crippen LogP contribution in [-0.4, -0.2) is 28.4 Å². The van der Waals surface area contributed by atoms with Gasteiger partial charge < -0.3 is 11.1 Å². The molecule has 1 aromatic rings. The van der Waals surface area contributed by atoms with Gasteiger partial charge in [-0.3, -0.25) is 9.78 Å². The molecule has 1 rings (SSSR count). The van der Waals surface area contributed by atoms with Gasteiger partial charge in [-0.1, -0.05) is 6.92 Å². The summed E-state index contributed by atoms with van der Waals surface area (Å²) in [5, 5.41) is 2.88. The van der Waals surface area contributed by atoms with E-state index in [2.05, 4.69) is 17.2 Å². The standard InChI is InChI=1S/C11H17N3OS/c1-3-16-7-8(2)14-11(15)10-6-9(12)4-5-13-10/h4-6,8H,3,7H2,1-2H3,(H2,12,13)(H,14,15). The molecule has 16 heavy (non-hydrogen) atoms. The van der Waals surface area contributed by atoms with Crippen molar-refractivity contribution in [1.29, 1.82) is 0 Å². The number of nitrogens with one attached hydrogen (secondary N) is 1. The van der Waals surface area contributed by atoms with Crippen LogP contribution in [-0.2, 0) is 0 Å². The van der Waals surface area contributed by atoms with Crippen LogP contribution < -0.4 is 11.1 Å². The zero-order valence-corrected chi connectivity index (χ0v) is 10.4. The third-order valence-corrected chi connectivity index (χ3v) is 3.11. The van der Waals surface area contributed by atoms with Crippen LogP contribution in [0.2, 0.25) is 0 Å². The van der Waals surface area contributed by atoms with E-state index in [1.807, 2.05) is 6.92 Å². The number of nitrogens with two attached hydrogens (primary N) is 1. The Bertz CT molecular complexity index is 357. The number of nitrogens with zero attached hydrogens (tertiary/aromatic N) is 1. The Morgan fingerprint density at radius 3 is 3.06 bits per heavy atom. The fraction of sp³-hybridized carbons (Fsp3) is 0.455. The van der Waals surface area contributed by atoms with Crippen molar-refractivity contribution in [3.63, 3.8) is 0 Å². The Balaban J connectivity index is 2.52. The maximum absolute atomic E-state index is 11.7. The van der Waals surface area contributed by atoms with Crippen LogP contribution in [0.5, 0.6) is 0 Å². The van der Waals surface area contributed by atoms with Gasteiger partial charge in [0.2, 0.25) is 0 Å². The molecule has 1 unspecified atom stereocenters. The van der Waals surface area contributed by atoms with Crippen molar-refractivity contribution < 1.29 is 4.79 Å². The predicted molar refractivity (Wildman–Crippen MR) is 68.6 cm³/mol. The van der Waals surface area contributed by atoms with Gasteiger partial charge in [0.15, 0.2) is 0 Å². The highest BCUT2D eigenvalue weighted by molar-refractivity contribution is 7.99. The van der Waals surface area contributed by atoms with Crippen molar-refractivity contribution in [2.24, 2.45) is 0 Å². The molecule has 1 atom stereocenters. The summed E-state index contributed by atoms with van der Waals surface area (Å²) in [5.41, 5.74) is 6.50. The number of aromatic nitrogens is 1. The van der Waals surface area contributed by atoms with E-state index in [1.165, 1.54) is 6.20 Å². The van der Waals surface area contributed by atoms with Crippen LogP contribution in [0.15, 0.2) is 18.3 Å². The van der Waals surface area contributed by atoms with Crippen molar-refractivity contribution in [1.82, 2.24) is 10.3 Å². The lowest BCUT2D eigenvalue weighted by atomic mass is 10.3. The van der Waals surface area contributed by atoms with Crippen molar-refractivity contribution in [3.05, 3.63) is 24.0 Å². The number of nitrogen functional groups attached to an aromatic ring is 1. The van der Waals surface area contributed by atoms with Gasteiger partial charge in [0, 0.05) is 23.7 Å². The summed E-state index contributed by atoms with van der Waals surface area (Å²) < 4.78 is 0. The monoisotopic (exact) mass is 239 g/mol. The average Bonchev–Trinajstić information content (AvgIpc) is 2.26. The second-order valence-electron chi connectivity index (χ2n) is 3.51. The highest BCUT2D eigenvalue weighted by atomic mass is 32.2. The van der Waals surface area contributed by atoms with Gasteiger partial charge in [-0.05, 0) is 24.8 Å². The lowest BCUT2D eigenvalue weighted by Crippen LogP contribution is -2.34. The van der Waals surface area contributed by atoms with Crippen LogP contribution in [0.4, 0.5) is 5.69 Å². The van der Waals surface area contributed by atoms with E-state index < -0.39 is 0 Å². The Labute approximate surface area is 100 Å². The van der Waals surface area contributed by atoms with Crippen LogP contribution in [0.3, 0.4) is 0 Å². The molecule has 0 aliphatic heterocycles. The molecular weight excluding hydrogens is 222 g/mol. The van der Waals surface area contributed by atoms with E-state index in [-0.39, 0.29) is 11.9 Å². The molecule has 0 aliphatic carbocycles. The first-order valence-electron chi connectivity index (χ1n) is 5.23. The van der Waals surface area contributed by atoms with E-state index >= 15 is 0 Å². The van der Waals surface area contributed by atoms with Gasteiger partial charge in [0.05, 0.1) is 0 Å². The van der Waals surface area contributed by atoms with E-state index in [0.29, 0.717) is 11.4 Å². The van der Waals surface area contributed by atoms with Gasteiger partial charge in [-0.15, -0.1) is 0 Å². The minimum absolute atomic E-state index is 0.140. The fourth-order valence-corrected chi connectivity index (χ4v) is 1.88. The summed E-state index contributed by atoms with van der Waals surface area (Å²) in [6, 6.07) is 3.38. The zero-order valence-electron chi connectivity index (χ0n) is 9.56. The highest BCUT2D eigenvalue weighted by Crippen LogP contribution is 2.05. The zero-order chi connectivity index (χ0) is 12.0. The molecule has 0 saturated heterocycles. The average molecular weight is 239 g/mol. The number of thioether (sulfide) groups is 1. The van der Waals surface area contributed by atoms with Crippen molar-refractivity contribution in [2.75, 3.05) is 17.2 Å². The fourth-order valence-electron chi connectivity index (χ4n) is 1.21. The summed E-state index contributed by atoms with van der Waals surface area (Å²) in [6.45, 7) is 4.07. The first-order chi connectivity index (χ1) is 7.63. The lowest BCUT2D eigenvalue weighted by Gasteiger charge is -2.12. The molecule has 0 bridgehead atoms. The number of rotatable bonds is 5. The molecule has 0 aromatic carbocycles. The maximum Gasteiger partial charge on any atom is 0.270 e. The van der Waals surface area contributed by atoms with Gasteiger partial charge >= 0.3 is 0 Å². The topological polar surface area (TPSA) is 68.0 Å². The molecule has 3 N–H and O–H groups in total. The number of carbonyl (C=O) groups excluding carboxylic acids is 1. The molecule has 0 radical (unpaired) electrons. The number of carbonyl (C=O) groups is 1. The molecule has 5 heteroatoms. The summed E-state index contributed by atoms with van der Waals surface area (Å²) in [6.07, 6.45) is 1.54. The number of anilines is 1. The van der Waals surface area contributed by atoms with E-state index in [4.69, 9.17) is 5.73 Å². The quantitative estimate of drug-likeness (QED) is 0.817. The SMILES string of the molecule is CCSCC(C)NC(=O)c1cc(N)ccn1. The van der Waals surface area contributed by atoms with Crippen LogP contribution in [0, 0.1) is 0 Å². The maximum atomic E-state index is 11.7. The number of hydrogen-bond acceptors (Lipinski definition) is 4. The molecule has 1 amide bonds. The van der Waals surface area contributed by atoms with Crippen LogP contribution in [0.25, 0.3) is 0 Å². The largest absolute Gasteiger partial charge is 0.399 e. The number of amides is 1. The molecule has 0 saturated carbocycles. The second-order valence-corrected chi connectivity index (χ2v) is 4.83. The normalized spacial score (nSPS) is 12.1. The first-order valence-corrected chi connectivity index (χ1v) is 6.39. The highest BCUT2D eigenvalue weighted by Gasteiger charge is 2.10. The molecule has 0 spiro atoms. The summed E-state index contributed by atoms with van der Waals surface area (Å²) in [5.74, 6) is 1.79. The molecule has 0 fully saturated rings. The second kappa shape index (κ2) is 6.37. The van der Waals surface area contributed by atoms with E-state index in [9.17, 15) is 4.79 Å². The van der Waals surface area contributed by atoms with Crippen molar-refractivity contribution in [2.45, 2.75) is 19.9 Å². The lowest BCUT2D eigenvalue weighted by molar-refractivity contribution is 0.0939. The van der Waals surface area contributed by atoms with Gasteiger partial charge in [-0.25, -0.2) is 0 Å². The number of hydrogen-bond donors (Lipinski definition) is 2. The van der Waals surface area contributed by atoms with Crippen molar-refractivity contribution in [3.8, 4) is 0 Å². The molecule has 4 nitrogen and oxygen atoms in total. The Hall–Kier alpha value is -1.23.